The van der Waals surface area contributed by atoms with Crippen molar-refractivity contribution in [3.63, 3.8) is 0 Å². The summed E-state index contributed by atoms with van der Waals surface area (Å²) >= 11 is 0. The van der Waals surface area contributed by atoms with Crippen LogP contribution < -0.4 is 5.73 Å². The molecule has 0 aliphatic rings. The molecule has 2 aromatic heterocycles. The van der Waals surface area contributed by atoms with Gasteiger partial charge in [0.2, 0.25) is 0 Å². The van der Waals surface area contributed by atoms with Crippen LogP contribution in [0.15, 0.2) is 60.9 Å². The number of hydrogen-bond acceptors (Lipinski definition) is 3. The van der Waals surface area contributed by atoms with Gasteiger partial charge in [-0.2, -0.15) is 0 Å². The molecule has 1 atom stereocenters. The van der Waals surface area contributed by atoms with Crippen molar-refractivity contribution in [3.8, 4) is 0 Å². The van der Waals surface area contributed by atoms with Gasteiger partial charge in [0.05, 0.1) is 5.52 Å². The van der Waals surface area contributed by atoms with Gasteiger partial charge in [-0.05, 0) is 29.8 Å². The molecular formula is C16H15N3. The van der Waals surface area contributed by atoms with Crippen LogP contribution in [-0.2, 0) is 6.42 Å². The molecule has 3 aromatic rings. The van der Waals surface area contributed by atoms with Crippen molar-refractivity contribution in [2.75, 3.05) is 0 Å². The largest absolute Gasteiger partial charge is 0.324 e. The van der Waals surface area contributed by atoms with E-state index in [9.17, 15) is 0 Å². The highest BCUT2D eigenvalue weighted by atomic mass is 14.7. The molecule has 2 N–H and O–H groups in total. The summed E-state index contributed by atoms with van der Waals surface area (Å²) in [5, 5.41) is 1.12. The summed E-state index contributed by atoms with van der Waals surface area (Å²) in [7, 11) is 0. The van der Waals surface area contributed by atoms with E-state index in [0.29, 0.717) is 0 Å². The maximum absolute atomic E-state index is 6.33. The van der Waals surface area contributed by atoms with Crippen LogP contribution in [0.25, 0.3) is 10.9 Å². The first-order valence-corrected chi connectivity index (χ1v) is 6.34. The van der Waals surface area contributed by atoms with Crippen molar-refractivity contribution in [2.24, 2.45) is 5.73 Å². The van der Waals surface area contributed by atoms with Crippen molar-refractivity contribution in [1.29, 1.82) is 0 Å². The van der Waals surface area contributed by atoms with Crippen LogP contribution >= 0.6 is 0 Å². The van der Waals surface area contributed by atoms with Crippen LogP contribution in [0.5, 0.6) is 0 Å². The smallest absolute Gasteiger partial charge is 0.0705 e. The third-order valence-electron chi connectivity index (χ3n) is 3.24. The molecule has 0 spiro atoms. The van der Waals surface area contributed by atoms with Crippen LogP contribution in [0.1, 0.15) is 17.3 Å². The number of rotatable bonds is 3. The molecule has 94 valence electrons. The zero-order chi connectivity index (χ0) is 13.1. The Labute approximate surface area is 112 Å². The third-order valence-corrected chi connectivity index (χ3v) is 3.24. The standard InChI is InChI=1S/C16H15N3/c17-15(11-12-5-3-4-9-18-12)13-8-10-19-16-7-2-1-6-14(13)16/h1-10,15H,11,17H2. The molecule has 0 saturated carbocycles. The summed E-state index contributed by atoms with van der Waals surface area (Å²) in [4.78, 5) is 8.69. The summed E-state index contributed by atoms with van der Waals surface area (Å²) in [6.45, 7) is 0. The Morgan fingerprint density at radius 1 is 0.895 bits per heavy atom. The van der Waals surface area contributed by atoms with Gasteiger partial charge >= 0.3 is 0 Å². The first-order valence-electron chi connectivity index (χ1n) is 6.34. The van der Waals surface area contributed by atoms with Crippen molar-refractivity contribution in [2.45, 2.75) is 12.5 Å². The van der Waals surface area contributed by atoms with Gasteiger partial charge in [0, 0.05) is 35.9 Å². The minimum absolute atomic E-state index is 0.0669. The van der Waals surface area contributed by atoms with E-state index < -0.39 is 0 Å². The van der Waals surface area contributed by atoms with Gasteiger partial charge in [-0.1, -0.05) is 24.3 Å². The summed E-state index contributed by atoms with van der Waals surface area (Å²) in [5.41, 5.74) is 9.44. The van der Waals surface area contributed by atoms with Crippen LogP contribution in [-0.4, -0.2) is 9.97 Å². The Hall–Kier alpha value is -2.26. The fraction of sp³-hybridized carbons (Fsp3) is 0.125. The second-order valence-electron chi connectivity index (χ2n) is 4.55. The highest BCUT2D eigenvalue weighted by Crippen LogP contribution is 2.23. The summed E-state index contributed by atoms with van der Waals surface area (Å²) in [6, 6.07) is 15.9. The van der Waals surface area contributed by atoms with Crippen LogP contribution in [0.3, 0.4) is 0 Å². The monoisotopic (exact) mass is 249 g/mol. The third kappa shape index (κ3) is 2.46. The highest BCUT2D eigenvalue weighted by molar-refractivity contribution is 5.82. The minimum atomic E-state index is -0.0669. The number of para-hydroxylation sites is 1. The van der Waals surface area contributed by atoms with Gasteiger partial charge in [-0.25, -0.2) is 0 Å². The van der Waals surface area contributed by atoms with Crippen molar-refractivity contribution in [1.82, 2.24) is 9.97 Å². The van der Waals surface area contributed by atoms with Gasteiger partial charge in [0.15, 0.2) is 0 Å². The number of benzene rings is 1. The average Bonchev–Trinajstić information content (AvgIpc) is 2.47. The Morgan fingerprint density at radius 2 is 1.74 bits per heavy atom. The van der Waals surface area contributed by atoms with Crippen LogP contribution in [0.4, 0.5) is 0 Å². The average molecular weight is 249 g/mol. The molecule has 3 nitrogen and oxygen atoms in total. The van der Waals surface area contributed by atoms with Gasteiger partial charge in [-0.3, -0.25) is 9.97 Å². The van der Waals surface area contributed by atoms with E-state index in [4.69, 9.17) is 5.73 Å². The molecule has 3 rings (SSSR count). The predicted octanol–water partition coefficient (Wildman–Crippen LogP) is 2.87. The number of hydrogen-bond donors (Lipinski definition) is 1. The lowest BCUT2D eigenvalue weighted by Gasteiger charge is -2.13. The maximum Gasteiger partial charge on any atom is 0.0705 e. The normalized spacial score (nSPS) is 12.5. The van der Waals surface area contributed by atoms with E-state index in [2.05, 4.69) is 16.0 Å². The molecule has 0 aliphatic heterocycles. The van der Waals surface area contributed by atoms with Crippen molar-refractivity contribution in [3.05, 3.63) is 72.2 Å². The molecule has 0 saturated heterocycles. The molecule has 3 heteroatoms. The zero-order valence-electron chi connectivity index (χ0n) is 10.5. The Balaban J connectivity index is 1.96. The Kier molecular flexibility index (Phi) is 3.21. The first kappa shape index (κ1) is 11.8. The summed E-state index contributed by atoms with van der Waals surface area (Å²) < 4.78 is 0. The van der Waals surface area contributed by atoms with Crippen LogP contribution in [0.2, 0.25) is 0 Å². The van der Waals surface area contributed by atoms with Crippen molar-refractivity contribution < 1.29 is 0 Å². The van der Waals surface area contributed by atoms with E-state index >= 15 is 0 Å². The summed E-state index contributed by atoms with van der Waals surface area (Å²) in [6.07, 6.45) is 4.34. The number of aromatic nitrogens is 2. The fourth-order valence-electron chi connectivity index (χ4n) is 2.30. The summed E-state index contributed by atoms with van der Waals surface area (Å²) in [5.74, 6) is 0. The molecule has 0 aliphatic carbocycles. The van der Waals surface area contributed by atoms with E-state index in [1.807, 2.05) is 48.7 Å². The number of pyridine rings is 2. The fourth-order valence-corrected chi connectivity index (χ4v) is 2.30. The van der Waals surface area contributed by atoms with Gasteiger partial charge in [0.25, 0.3) is 0 Å². The topological polar surface area (TPSA) is 51.8 Å². The predicted molar refractivity (Wildman–Crippen MR) is 76.6 cm³/mol. The molecule has 1 unspecified atom stereocenters. The highest BCUT2D eigenvalue weighted by Gasteiger charge is 2.11. The Bertz CT molecular complexity index is 674. The molecule has 0 amide bonds. The quantitative estimate of drug-likeness (QED) is 0.776. The van der Waals surface area contributed by atoms with E-state index in [1.54, 1.807) is 6.20 Å². The Morgan fingerprint density at radius 3 is 2.58 bits per heavy atom. The lowest BCUT2D eigenvalue weighted by Crippen LogP contribution is -2.14. The minimum Gasteiger partial charge on any atom is -0.324 e. The molecule has 0 radical (unpaired) electrons. The number of nitrogens with two attached hydrogens (primary N) is 1. The first-order chi connectivity index (χ1) is 9.34. The lowest BCUT2D eigenvalue weighted by molar-refractivity contribution is 0.711. The van der Waals surface area contributed by atoms with Crippen LogP contribution in [0, 0.1) is 0 Å². The number of fused-ring (bicyclic) bond motifs is 1. The van der Waals surface area contributed by atoms with E-state index in [1.165, 1.54) is 0 Å². The zero-order valence-corrected chi connectivity index (χ0v) is 10.5. The molecule has 2 heterocycles. The van der Waals surface area contributed by atoms with Gasteiger partial charge < -0.3 is 5.73 Å². The molecule has 0 fully saturated rings. The lowest BCUT2D eigenvalue weighted by atomic mass is 9.99. The second kappa shape index (κ2) is 5.16. The number of nitrogens with zero attached hydrogens (tertiary/aromatic N) is 2. The van der Waals surface area contributed by atoms with Gasteiger partial charge in [0.1, 0.15) is 0 Å². The molecule has 0 bridgehead atoms. The molecular weight excluding hydrogens is 234 g/mol. The maximum atomic E-state index is 6.33. The molecule has 1 aromatic carbocycles. The van der Waals surface area contributed by atoms with E-state index in [0.717, 1.165) is 28.6 Å². The van der Waals surface area contributed by atoms with E-state index in [-0.39, 0.29) is 6.04 Å². The second-order valence-corrected chi connectivity index (χ2v) is 4.55. The van der Waals surface area contributed by atoms with Crippen molar-refractivity contribution >= 4 is 10.9 Å². The molecule has 19 heavy (non-hydrogen) atoms. The SMILES string of the molecule is NC(Cc1ccccn1)c1ccnc2ccccc12. The van der Waals surface area contributed by atoms with Gasteiger partial charge in [-0.15, -0.1) is 0 Å².